The highest BCUT2D eigenvalue weighted by Gasteiger charge is 2.22. The molecule has 2 atom stereocenters. The van der Waals surface area contributed by atoms with E-state index in [4.69, 9.17) is 5.26 Å². The number of aryl methyl sites for hydroxylation is 2. The molecule has 1 aromatic carbocycles. The second-order valence-electron chi connectivity index (χ2n) is 4.92. The SMILES string of the molecule is CC(=O)NCCC(O)C(O)c1c(C)cc(C#N)cc1C. The number of rotatable bonds is 5. The molecule has 0 radical (unpaired) electrons. The first-order valence-corrected chi connectivity index (χ1v) is 6.48. The van der Waals surface area contributed by atoms with Crippen LogP contribution in [0.1, 0.15) is 41.7 Å². The summed E-state index contributed by atoms with van der Waals surface area (Å²) < 4.78 is 0. The van der Waals surface area contributed by atoms with Crippen LogP contribution in [0.15, 0.2) is 12.1 Å². The molecule has 0 aliphatic carbocycles. The van der Waals surface area contributed by atoms with Gasteiger partial charge in [0, 0.05) is 13.5 Å². The Balaban J connectivity index is 2.84. The Morgan fingerprint density at radius 3 is 2.35 bits per heavy atom. The minimum Gasteiger partial charge on any atom is -0.390 e. The van der Waals surface area contributed by atoms with Gasteiger partial charge in [-0.15, -0.1) is 0 Å². The van der Waals surface area contributed by atoms with Gasteiger partial charge in [-0.25, -0.2) is 0 Å². The van der Waals surface area contributed by atoms with Crippen molar-refractivity contribution in [2.75, 3.05) is 6.54 Å². The first kappa shape index (κ1) is 16.2. The van der Waals surface area contributed by atoms with Crippen molar-refractivity contribution in [2.45, 2.75) is 39.4 Å². The van der Waals surface area contributed by atoms with Crippen molar-refractivity contribution in [3.63, 3.8) is 0 Å². The van der Waals surface area contributed by atoms with Crippen LogP contribution >= 0.6 is 0 Å². The van der Waals surface area contributed by atoms with Gasteiger partial charge in [-0.2, -0.15) is 5.26 Å². The largest absolute Gasteiger partial charge is 0.390 e. The molecule has 0 aliphatic rings. The molecule has 108 valence electrons. The van der Waals surface area contributed by atoms with Crippen LogP contribution in [0.3, 0.4) is 0 Å². The van der Waals surface area contributed by atoms with Gasteiger partial charge in [0.25, 0.3) is 0 Å². The summed E-state index contributed by atoms with van der Waals surface area (Å²) in [5.74, 6) is -0.169. The third kappa shape index (κ3) is 4.05. The quantitative estimate of drug-likeness (QED) is 0.750. The fourth-order valence-electron chi connectivity index (χ4n) is 2.25. The lowest BCUT2D eigenvalue weighted by molar-refractivity contribution is -0.119. The Kier molecular flexibility index (Phi) is 5.68. The molecule has 3 N–H and O–H groups in total. The monoisotopic (exact) mass is 276 g/mol. The van der Waals surface area contributed by atoms with E-state index < -0.39 is 12.2 Å². The summed E-state index contributed by atoms with van der Waals surface area (Å²) in [6, 6.07) is 5.43. The van der Waals surface area contributed by atoms with E-state index >= 15 is 0 Å². The Hall–Kier alpha value is -1.90. The number of carbonyl (C=O) groups excluding carboxylic acids is 1. The van der Waals surface area contributed by atoms with Crippen LogP contribution in [0.4, 0.5) is 0 Å². The van der Waals surface area contributed by atoms with Crippen LogP contribution < -0.4 is 5.32 Å². The topological polar surface area (TPSA) is 93.3 Å². The summed E-state index contributed by atoms with van der Waals surface area (Å²) in [5, 5.41) is 31.7. The maximum absolute atomic E-state index is 10.8. The van der Waals surface area contributed by atoms with Crippen molar-refractivity contribution < 1.29 is 15.0 Å². The van der Waals surface area contributed by atoms with Crippen molar-refractivity contribution in [1.29, 1.82) is 5.26 Å². The number of benzene rings is 1. The average Bonchev–Trinajstić information content (AvgIpc) is 2.36. The van der Waals surface area contributed by atoms with Gasteiger partial charge >= 0.3 is 0 Å². The smallest absolute Gasteiger partial charge is 0.216 e. The van der Waals surface area contributed by atoms with E-state index in [1.54, 1.807) is 26.0 Å². The molecule has 0 saturated heterocycles. The minimum atomic E-state index is -1.03. The van der Waals surface area contributed by atoms with E-state index in [0.29, 0.717) is 17.7 Å². The lowest BCUT2D eigenvalue weighted by Crippen LogP contribution is -2.28. The van der Waals surface area contributed by atoms with E-state index in [-0.39, 0.29) is 12.3 Å². The molecule has 0 fully saturated rings. The van der Waals surface area contributed by atoms with E-state index in [1.807, 2.05) is 0 Å². The van der Waals surface area contributed by atoms with Gasteiger partial charge in [-0.3, -0.25) is 4.79 Å². The highest BCUT2D eigenvalue weighted by molar-refractivity contribution is 5.72. The molecule has 1 amide bonds. The average molecular weight is 276 g/mol. The number of carbonyl (C=O) groups is 1. The number of hydrogen-bond acceptors (Lipinski definition) is 4. The van der Waals surface area contributed by atoms with Crippen LogP contribution in [0.25, 0.3) is 0 Å². The lowest BCUT2D eigenvalue weighted by atomic mass is 9.92. The molecule has 2 unspecified atom stereocenters. The number of aliphatic hydroxyl groups excluding tert-OH is 2. The number of aliphatic hydroxyl groups is 2. The fraction of sp³-hybridized carbons (Fsp3) is 0.467. The van der Waals surface area contributed by atoms with Crippen LogP contribution in [-0.2, 0) is 4.79 Å². The Labute approximate surface area is 118 Å². The van der Waals surface area contributed by atoms with Gasteiger partial charge in [0.2, 0.25) is 5.91 Å². The predicted molar refractivity (Wildman–Crippen MR) is 74.9 cm³/mol. The minimum absolute atomic E-state index is 0.169. The second kappa shape index (κ2) is 7.04. The molecule has 0 spiro atoms. The van der Waals surface area contributed by atoms with Gasteiger partial charge in [0.05, 0.1) is 17.7 Å². The molecule has 0 saturated carbocycles. The zero-order valence-corrected chi connectivity index (χ0v) is 12.0. The first-order chi connectivity index (χ1) is 9.36. The zero-order chi connectivity index (χ0) is 15.3. The van der Waals surface area contributed by atoms with E-state index in [1.165, 1.54) is 6.92 Å². The maximum atomic E-state index is 10.8. The summed E-state index contributed by atoms with van der Waals surface area (Å²) in [5.41, 5.74) is 2.71. The fourth-order valence-corrected chi connectivity index (χ4v) is 2.25. The Bertz CT molecular complexity index is 511. The van der Waals surface area contributed by atoms with Gasteiger partial charge in [0.1, 0.15) is 6.10 Å². The standard InChI is InChI=1S/C15H20N2O3/c1-9-6-12(8-16)7-10(2)14(9)15(20)13(19)4-5-17-11(3)18/h6-7,13,15,19-20H,4-5H2,1-3H3,(H,17,18). The number of nitrogens with zero attached hydrogens (tertiary/aromatic N) is 1. The number of nitriles is 1. The zero-order valence-electron chi connectivity index (χ0n) is 12.0. The van der Waals surface area contributed by atoms with Crippen molar-refractivity contribution in [1.82, 2.24) is 5.32 Å². The summed E-state index contributed by atoms with van der Waals surface area (Å²) in [7, 11) is 0. The van der Waals surface area contributed by atoms with Crippen molar-refractivity contribution in [3.05, 3.63) is 34.4 Å². The lowest BCUT2D eigenvalue weighted by Gasteiger charge is -2.22. The van der Waals surface area contributed by atoms with Gasteiger partial charge in [-0.1, -0.05) is 0 Å². The van der Waals surface area contributed by atoms with E-state index in [2.05, 4.69) is 11.4 Å². The summed E-state index contributed by atoms with van der Waals surface area (Å²) in [6.07, 6.45) is -1.73. The highest BCUT2D eigenvalue weighted by Crippen LogP contribution is 2.26. The normalized spacial score (nSPS) is 13.4. The van der Waals surface area contributed by atoms with Crippen LogP contribution in [0.2, 0.25) is 0 Å². The maximum Gasteiger partial charge on any atom is 0.216 e. The Morgan fingerprint density at radius 2 is 1.90 bits per heavy atom. The molecule has 1 aromatic rings. The first-order valence-electron chi connectivity index (χ1n) is 6.48. The van der Waals surface area contributed by atoms with E-state index in [9.17, 15) is 15.0 Å². The van der Waals surface area contributed by atoms with Crippen LogP contribution in [0, 0.1) is 25.2 Å². The predicted octanol–water partition coefficient (Wildman–Crippen LogP) is 1.10. The van der Waals surface area contributed by atoms with Gasteiger partial charge in [0.15, 0.2) is 0 Å². The molecule has 5 heteroatoms. The third-order valence-corrected chi connectivity index (χ3v) is 3.20. The summed E-state index contributed by atoms with van der Waals surface area (Å²) in [6.45, 7) is 5.31. The summed E-state index contributed by atoms with van der Waals surface area (Å²) in [4.78, 5) is 10.8. The molecule has 1 rings (SSSR count). The molecule has 0 heterocycles. The molecular weight excluding hydrogens is 256 g/mol. The van der Waals surface area contributed by atoms with E-state index in [0.717, 1.165) is 11.1 Å². The number of amides is 1. The van der Waals surface area contributed by atoms with Crippen LogP contribution in [0.5, 0.6) is 0 Å². The van der Waals surface area contributed by atoms with Gasteiger partial charge in [-0.05, 0) is 49.1 Å². The van der Waals surface area contributed by atoms with Crippen LogP contribution in [-0.4, -0.2) is 28.8 Å². The number of nitrogens with one attached hydrogen (secondary N) is 1. The Morgan fingerprint density at radius 1 is 1.35 bits per heavy atom. The highest BCUT2D eigenvalue weighted by atomic mass is 16.3. The molecule has 20 heavy (non-hydrogen) atoms. The molecule has 0 bridgehead atoms. The second-order valence-corrected chi connectivity index (χ2v) is 4.92. The molecule has 0 aliphatic heterocycles. The molecular formula is C15H20N2O3. The van der Waals surface area contributed by atoms with Gasteiger partial charge < -0.3 is 15.5 Å². The van der Waals surface area contributed by atoms with Crippen molar-refractivity contribution in [3.8, 4) is 6.07 Å². The summed E-state index contributed by atoms with van der Waals surface area (Å²) >= 11 is 0. The van der Waals surface area contributed by atoms with Crippen molar-refractivity contribution >= 4 is 5.91 Å². The molecule has 0 aromatic heterocycles. The third-order valence-electron chi connectivity index (χ3n) is 3.20. The van der Waals surface area contributed by atoms with Crippen molar-refractivity contribution in [2.24, 2.45) is 0 Å². The molecule has 5 nitrogen and oxygen atoms in total. The number of hydrogen-bond donors (Lipinski definition) is 3.